The van der Waals surface area contributed by atoms with E-state index >= 15 is 0 Å². The van der Waals surface area contributed by atoms with Crippen LogP contribution in [0.25, 0.3) is 0 Å². The van der Waals surface area contributed by atoms with Crippen molar-refractivity contribution < 1.29 is 18.0 Å². The third kappa shape index (κ3) is 2.83. The Morgan fingerprint density at radius 3 is 2.38 bits per heavy atom. The highest BCUT2D eigenvalue weighted by Gasteiger charge is 2.28. The van der Waals surface area contributed by atoms with Gasteiger partial charge in [-0.05, 0) is 23.8 Å². The van der Waals surface area contributed by atoms with Gasteiger partial charge in [-0.15, -0.1) is 0 Å². The van der Waals surface area contributed by atoms with Gasteiger partial charge in [0.2, 0.25) is 0 Å². The second-order valence-corrected chi connectivity index (χ2v) is 5.03. The smallest absolute Gasteiger partial charge is 0.195 e. The van der Waals surface area contributed by atoms with Gasteiger partial charge < -0.3 is 0 Å². The maximum absolute atomic E-state index is 13.7. The van der Waals surface area contributed by atoms with Gasteiger partial charge in [0.1, 0.15) is 5.92 Å². The van der Waals surface area contributed by atoms with Gasteiger partial charge in [0, 0.05) is 4.47 Å². The molecule has 1 atom stereocenters. The summed E-state index contributed by atoms with van der Waals surface area (Å²) < 4.78 is 40.3. The molecule has 0 aliphatic carbocycles. The summed E-state index contributed by atoms with van der Waals surface area (Å²) in [6.45, 7) is 0. The highest BCUT2D eigenvalue weighted by Crippen LogP contribution is 2.29. The summed E-state index contributed by atoms with van der Waals surface area (Å²) in [5.74, 6) is -6.96. The van der Waals surface area contributed by atoms with Crippen molar-refractivity contribution in [3.05, 3.63) is 69.4 Å². The number of Topliss-reactive ketones (excluding diaryl/α,β-unsaturated/α-hetero) is 1. The number of benzene rings is 2. The van der Waals surface area contributed by atoms with E-state index in [2.05, 4.69) is 15.9 Å². The van der Waals surface area contributed by atoms with E-state index in [1.165, 1.54) is 6.07 Å². The molecule has 0 saturated heterocycles. The van der Waals surface area contributed by atoms with Crippen LogP contribution in [0.5, 0.6) is 0 Å². The second-order valence-electron chi connectivity index (χ2n) is 4.17. The number of halogens is 4. The second kappa shape index (κ2) is 6.10. The third-order valence-electron chi connectivity index (χ3n) is 2.91. The molecule has 106 valence electrons. The van der Waals surface area contributed by atoms with Crippen LogP contribution in [0.15, 0.2) is 40.9 Å². The fraction of sp³-hybridized carbons (Fsp3) is 0.0667. The fourth-order valence-corrected chi connectivity index (χ4v) is 2.36. The molecule has 2 aromatic carbocycles. The number of carbonyl (C=O) groups is 1. The van der Waals surface area contributed by atoms with Crippen LogP contribution in [-0.4, -0.2) is 5.78 Å². The van der Waals surface area contributed by atoms with Crippen LogP contribution in [0.3, 0.4) is 0 Å². The summed E-state index contributed by atoms with van der Waals surface area (Å²) in [6.07, 6.45) is 0. The average molecular weight is 354 g/mol. The molecule has 2 rings (SSSR count). The summed E-state index contributed by atoms with van der Waals surface area (Å²) >= 11 is 3.19. The van der Waals surface area contributed by atoms with Crippen LogP contribution >= 0.6 is 15.9 Å². The van der Waals surface area contributed by atoms with Gasteiger partial charge in [-0.3, -0.25) is 4.79 Å². The van der Waals surface area contributed by atoms with Crippen molar-refractivity contribution in [2.45, 2.75) is 5.92 Å². The topological polar surface area (TPSA) is 40.9 Å². The van der Waals surface area contributed by atoms with Gasteiger partial charge in [-0.25, -0.2) is 13.2 Å². The fourth-order valence-electron chi connectivity index (χ4n) is 1.85. The lowest BCUT2D eigenvalue weighted by Crippen LogP contribution is -2.15. The summed E-state index contributed by atoms with van der Waals surface area (Å²) in [6, 6.07) is 9.68. The predicted octanol–water partition coefficient (Wildman–Crippen LogP) is 4.36. The zero-order valence-electron chi connectivity index (χ0n) is 10.4. The summed E-state index contributed by atoms with van der Waals surface area (Å²) in [4.78, 5) is 12.2. The van der Waals surface area contributed by atoms with Gasteiger partial charge >= 0.3 is 0 Å². The Bertz CT molecular complexity index is 755. The highest BCUT2D eigenvalue weighted by atomic mass is 79.9. The molecule has 0 bridgehead atoms. The first kappa shape index (κ1) is 15.3. The molecule has 0 aliphatic rings. The zero-order chi connectivity index (χ0) is 15.6. The molecular weight excluding hydrogens is 347 g/mol. The SMILES string of the molecule is N#CC(C(=O)c1ccc(F)c(F)c1F)c1ccccc1Br. The van der Waals surface area contributed by atoms with Gasteiger partial charge in [-0.1, -0.05) is 34.1 Å². The van der Waals surface area contributed by atoms with Gasteiger partial charge in [0.15, 0.2) is 23.2 Å². The summed E-state index contributed by atoms with van der Waals surface area (Å²) in [5, 5.41) is 9.17. The molecule has 1 unspecified atom stereocenters. The van der Waals surface area contributed by atoms with Crippen molar-refractivity contribution in [2.24, 2.45) is 0 Å². The molecule has 0 N–H and O–H groups in total. The monoisotopic (exact) mass is 353 g/mol. The molecule has 0 aliphatic heterocycles. The van der Waals surface area contributed by atoms with E-state index in [0.29, 0.717) is 16.1 Å². The molecular formula is C15H7BrF3NO. The number of nitriles is 1. The summed E-state index contributed by atoms with van der Waals surface area (Å²) in [7, 11) is 0. The van der Waals surface area contributed by atoms with Crippen molar-refractivity contribution in [3.8, 4) is 6.07 Å². The van der Waals surface area contributed by atoms with Crippen molar-refractivity contribution in [1.29, 1.82) is 5.26 Å². The van der Waals surface area contributed by atoms with E-state index in [1.54, 1.807) is 24.3 Å². The minimum absolute atomic E-state index is 0.328. The largest absolute Gasteiger partial charge is 0.292 e. The van der Waals surface area contributed by atoms with Crippen molar-refractivity contribution in [1.82, 2.24) is 0 Å². The zero-order valence-corrected chi connectivity index (χ0v) is 12.0. The van der Waals surface area contributed by atoms with Crippen LogP contribution in [0.1, 0.15) is 21.8 Å². The van der Waals surface area contributed by atoms with Crippen molar-refractivity contribution in [3.63, 3.8) is 0 Å². The predicted molar refractivity (Wildman–Crippen MR) is 73.1 cm³/mol. The Kier molecular flexibility index (Phi) is 4.43. The number of nitrogens with zero attached hydrogens (tertiary/aromatic N) is 1. The first-order chi connectivity index (χ1) is 9.97. The minimum Gasteiger partial charge on any atom is -0.292 e. The maximum Gasteiger partial charge on any atom is 0.195 e. The van der Waals surface area contributed by atoms with E-state index in [-0.39, 0.29) is 0 Å². The van der Waals surface area contributed by atoms with E-state index in [0.717, 1.165) is 6.07 Å². The molecule has 6 heteroatoms. The Balaban J connectivity index is 2.51. The molecule has 0 saturated carbocycles. The van der Waals surface area contributed by atoms with Gasteiger partial charge in [-0.2, -0.15) is 5.26 Å². The number of hydrogen-bond donors (Lipinski definition) is 0. The standard InChI is InChI=1S/C15H7BrF3NO/c16-11-4-2-1-3-8(11)10(7-20)15(21)9-5-6-12(17)14(19)13(9)18/h1-6,10H. The Morgan fingerprint density at radius 1 is 1.10 bits per heavy atom. The van der Waals surface area contributed by atoms with Crippen LogP contribution < -0.4 is 0 Å². The molecule has 0 heterocycles. The first-order valence-corrected chi connectivity index (χ1v) is 6.58. The van der Waals surface area contributed by atoms with E-state index in [1.807, 2.05) is 0 Å². The number of ketones is 1. The first-order valence-electron chi connectivity index (χ1n) is 5.79. The quantitative estimate of drug-likeness (QED) is 0.607. The molecule has 0 spiro atoms. The molecule has 2 nitrogen and oxygen atoms in total. The molecule has 0 fully saturated rings. The number of rotatable bonds is 3. The lowest BCUT2D eigenvalue weighted by atomic mass is 9.91. The minimum atomic E-state index is -1.73. The normalized spacial score (nSPS) is 11.8. The van der Waals surface area contributed by atoms with E-state index < -0.39 is 34.7 Å². The third-order valence-corrected chi connectivity index (χ3v) is 3.63. The van der Waals surface area contributed by atoms with Crippen LogP contribution in [0, 0.1) is 28.8 Å². The van der Waals surface area contributed by atoms with Gasteiger partial charge in [0.25, 0.3) is 0 Å². The Morgan fingerprint density at radius 2 is 1.76 bits per heavy atom. The van der Waals surface area contributed by atoms with Gasteiger partial charge in [0.05, 0.1) is 11.6 Å². The average Bonchev–Trinajstić information content (AvgIpc) is 2.47. The number of hydrogen-bond acceptors (Lipinski definition) is 2. The lowest BCUT2D eigenvalue weighted by molar-refractivity contribution is 0.0973. The highest BCUT2D eigenvalue weighted by molar-refractivity contribution is 9.10. The molecule has 0 radical (unpaired) electrons. The van der Waals surface area contributed by atoms with E-state index in [4.69, 9.17) is 5.26 Å². The molecule has 21 heavy (non-hydrogen) atoms. The van der Waals surface area contributed by atoms with Crippen molar-refractivity contribution in [2.75, 3.05) is 0 Å². The molecule has 2 aromatic rings. The molecule has 0 amide bonds. The Labute approximate surface area is 127 Å². The number of carbonyl (C=O) groups excluding carboxylic acids is 1. The molecule has 0 aromatic heterocycles. The summed E-state index contributed by atoms with van der Waals surface area (Å²) in [5.41, 5.74) is -0.328. The van der Waals surface area contributed by atoms with Crippen LogP contribution in [0.4, 0.5) is 13.2 Å². The maximum atomic E-state index is 13.7. The lowest BCUT2D eigenvalue weighted by Gasteiger charge is -2.11. The van der Waals surface area contributed by atoms with E-state index in [9.17, 15) is 18.0 Å². The van der Waals surface area contributed by atoms with Crippen molar-refractivity contribution >= 4 is 21.7 Å². The Hall–Kier alpha value is -2.13. The van der Waals surface area contributed by atoms with Crippen LogP contribution in [0.2, 0.25) is 0 Å². The van der Waals surface area contributed by atoms with Crippen LogP contribution in [-0.2, 0) is 0 Å².